The minimum Gasteiger partial charge on any atom is -0.349 e. The van der Waals surface area contributed by atoms with Gasteiger partial charge in [0.25, 0.3) is 0 Å². The Morgan fingerprint density at radius 2 is 1.71 bits per heavy atom. The fourth-order valence-electron chi connectivity index (χ4n) is 2.68. The summed E-state index contributed by atoms with van der Waals surface area (Å²) in [6, 6.07) is 8.41. The van der Waals surface area contributed by atoms with Gasteiger partial charge in [-0.2, -0.15) is 0 Å². The monoisotopic (exact) mass is 303 g/mol. The van der Waals surface area contributed by atoms with Crippen molar-refractivity contribution in [2.45, 2.75) is 46.0 Å². The summed E-state index contributed by atoms with van der Waals surface area (Å²) in [6.07, 6.45) is 3.67. The van der Waals surface area contributed by atoms with E-state index in [0.717, 1.165) is 23.9 Å². The van der Waals surface area contributed by atoms with Crippen LogP contribution in [0.3, 0.4) is 0 Å². The molecule has 0 spiro atoms. The van der Waals surface area contributed by atoms with Gasteiger partial charge in [-0.1, -0.05) is 26.0 Å². The zero-order chi connectivity index (χ0) is 15.4. The molecule has 0 bridgehead atoms. The van der Waals surface area contributed by atoms with E-state index >= 15 is 0 Å². The molecule has 21 heavy (non-hydrogen) atoms. The predicted molar refractivity (Wildman–Crippen MR) is 94.4 cm³/mol. The Morgan fingerprint density at radius 3 is 2.19 bits per heavy atom. The van der Waals surface area contributed by atoms with Crippen LogP contribution in [0.1, 0.15) is 51.5 Å². The third-order valence-electron chi connectivity index (χ3n) is 3.97. The maximum Gasteiger partial charge on any atom is 0.181 e. The number of hydrogen-bond donors (Lipinski definition) is 1. The quantitative estimate of drug-likeness (QED) is 0.499. The summed E-state index contributed by atoms with van der Waals surface area (Å²) >= 11 is 5.65. The van der Waals surface area contributed by atoms with Crippen LogP contribution in [0.25, 0.3) is 0 Å². The number of thiocarbonyl (C=S) groups is 1. The molecule has 2 rings (SSSR count). The second-order valence-corrected chi connectivity index (χ2v) is 6.36. The number of likely N-dealkylation sites (tertiary alicyclic amines) is 1. The Hall–Kier alpha value is -1.42. The van der Waals surface area contributed by atoms with Crippen LogP contribution in [-0.2, 0) is 0 Å². The van der Waals surface area contributed by atoms with E-state index in [0.29, 0.717) is 11.8 Å². The summed E-state index contributed by atoms with van der Waals surface area (Å²) in [5, 5.41) is 8.85. The fraction of sp³-hybridized carbons (Fsp3) is 0.529. The summed E-state index contributed by atoms with van der Waals surface area (Å²) in [7, 11) is 0. The molecule has 1 aromatic rings. The minimum absolute atomic E-state index is 0.475. The second-order valence-electron chi connectivity index (χ2n) is 6.00. The van der Waals surface area contributed by atoms with Crippen molar-refractivity contribution in [3.63, 3.8) is 0 Å². The van der Waals surface area contributed by atoms with E-state index in [9.17, 15) is 0 Å². The van der Waals surface area contributed by atoms with Crippen LogP contribution in [0.2, 0.25) is 0 Å². The summed E-state index contributed by atoms with van der Waals surface area (Å²) < 4.78 is 0. The van der Waals surface area contributed by atoms with E-state index in [1.165, 1.54) is 24.8 Å². The van der Waals surface area contributed by atoms with Crippen LogP contribution >= 0.6 is 12.2 Å². The summed E-state index contributed by atoms with van der Waals surface area (Å²) in [5.41, 5.74) is 2.30. The maximum atomic E-state index is 8.09. The molecule has 0 saturated carbocycles. The minimum atomic E-state index is 0.475. The third kappa shape index (κ3) is 3.82. The van der Waals surface area contributed by atoms with Crippen molar-refractivity contribution in [3.8, 4) is 0 Å². The number of rotatable bonds is 2. The van der Waals surface area contributed by atoms with Gasteiger partial charge < -0.3 is 4.90 Å². The van der Waals surface area contributed by atoms with Crippen molar-refractivity contribution >= 4 is 28.9 Å². The Kier molecular flexibility index (Phi) is 5.34. The van der Waals surface area contributed by atoms with Crippen molar-refractivity contribution in [2.24, 2.45) is 0 Å². The van der Waals surface area contributed by atoms with Crippen LogP contribution in [0.4, 0.5) is 5.69 Å². The van der Waals surface area contributed by atoms with E-state index in [1.807, 2.05) is 4.90 Å². The molecule has 1 saturated heterocycles. The van der Waals surface area contributed by atoms with Crippen molar-refractivity contribution in [1.29, 1.82) is 5.41 Å². The van der Waals surface area contributed by atoms with E-state index in [1.54, 1.807) is 6.92 Å². The molecule has 1 aliphatic rings. The smallest absolute Gasteiger partial charge is 0.181 e. The topological polar surface area (TPSA) is 30.3 Å². The lowest BCUT2D eigenvalue weighted by atomic mass is 10.0. The van der Waals surface area contributed by atoms with Gasteiger partial charge >= 0.3 is 0 Å². The molecule has 0 unspecified atom stereocenters. The maximum absolute atomic E-state index is 8.09. The first kappa shape index (κ1) is 16.0. The lowest BCUT2D eigenvalue weighted by molar-refractivity contribution is 0.344. The zero-order valence-corrected chi connectivity index (χ0v) is 14.0. The highest BCUT2D eigenvalue weighted by atomic mass is 32.1. The van der Waals surface area contributed by atoms with E-state index in [4.69, 9.17) is 17.6 Å². The van der Waals surface area contributed by atoms with Crippen LogP contribution in [0.15, 0.2) is 24.3 Å². The average Bonchev–Trinajstić information content (AvgIpc) is 2.48. The predicted octanol–water partition coefficient (Wildman–Crippen LogP) is 4.38. The summed E-state index contributed by atoms with van der Waals surface area (Å²) in [5.74, 6) is 0.991. The SMILES string of the molecule is CC(=N)N(C(=S)N1CCCCC1)c1ccc(C(C)C)cc1. The number of anilines is 1. The molecule has 0 radical (unpaired) electrons. The van der Waals surface area contributed by atoms with Crippen molar-refractivity contribution in [3.05, 3.63) is 29.8 Å². The molecular formula is C17H25N3S. The Balaban J connectivity index is 2.21. The Bertz CT molecular complexity index is 501. The fourth-order valence-corrected chi connectivity index (χ4v) is 3.11. The van der Waals surface area contributed by atoms with Gasteiger partial charge in [0.1, 0.15) is 5.84 Å². The molecular weight excluding hydrogens is 278 g/mol. The lowest BCUT2D eigenvalue weighted by Crippen LogP contribution is -2.47. The molecule has 0 amide bonds. The molecule has 0 aliphatic carbocycles. The second kappa shape index (κ2) is 7.03. The van der Waals surface area contributed by atoms with Crippen molar-refractivity contribution in [1.82, 2.24) is 4.90 Å². The molecule has 1 N–H and O–H groups in total. The van der Waals surface area contributed by atoms with Crippen molar-refractivity contribution in [2.75, 3.05) is 18.0 Å². The highest BCUT2D eigenvalue weighted by Crippen LogP contribution is 2.22. The highest BCUT2D eigenvalue weighted by Gasteiger charge is 2.21. The highest BCUT2D eigenvalue weighted by molar-refractivity contribution is 7.80. The number of nitrogens with zero attached hydrogens (tertiary/aromatic N) is 2. The number of nitrogens with one attached hydrogen (secondary N) is 1. The van der Waals surface area contributed by atoms with Crippen LogP contribution in [0, 0.1) is 5.41 Å². The number of amidine groups is 1. The number of hydrogen-bond acceptors (Lipinski definition) is 2. The normalized spacial score (nSPS) is 15.1. The van der Waals surface area contributed by atoms with Gasteiger partial charge in [0.2, 0.25) is 0 Å². The molecule has 1 heterocycles. The summed E-state index contributed by atoms with van der Waals surface area (Å²) in [4.78, 5) is 4.11. The molecule has 114 valence electrons. The molecule has 1 aromatic carbocycles. The first-order chi connectivity index (χ1) is 10.0. The third-order valence-corrected chi connectivity index (χ3v) is 4.41. The molecule has 0 atom stereocenters. The Labute approximate surface area is 133 Å². The van der Waals surface area contributed by atoms with Gasteiger partial charge in [-0.05, 0) is 62.0 Å². The number of piperidine rings is 1. The molecule has 1 fully saturated rings. The standard InChI is InChI=1S/C17H25N3S/c1-13(2)15-7-9-16(10-8-15)20(14(3)18)17(21)19-11-5-4-6-12-19/h7-10,13,18H,4-6,11-12H2,1-3H3. The summed E-state index contributed by atoms with van der Waals surface area (Å²) in [6.45, 7) is 8.19. The van der Waals surface area contributed by atoms with Gasteiger partial charge in [0.15, 0.2) is 5.11 Å². The molecule has 0 aromatic heterocycles. The van der Waals surface area contributed by atoms with E-state index in [2.05, 4.69) is 43.0 Å². The van der Waals surface area contributed by atoms with E-state index < -0.39 is 0 Å². The molecule has 4 heteroatoms. The van der Waals surface area contributed by atoms with Crippen molar-refractivity contribution < 1.29 is 0 Å². The van der Waals surface area contributed by atoms with Crippen LogP contribution in [-0.4, -0.2) is 28.9 Å². The average molecular weight is 303 g/mol. The zero-order valence-electron chi connectivity index (χ0n) is 13.2. The first-order valence-electron chi connectivity index (χ1n) is 7.75. The van der Waals surface area contributed by atoms with Crippen LogP contribution < -0.4 is 4.90 Å². The van der Waals surface area contributed by atoms with Gasteiger partial charge in [-0.3, -0.25) is 10.3 Å². The molecule has 3 nitrogen and oxygen atoms in total. The number of benzene rings is 1. The first-order valence-corrected chi connectivity index (χ1v) is 8.15. The van der Waals surface area contributed by atoms with E-state index in [-0.39, 0.29) is 0 Å². The van der Waals surface area contributed by atoms with Gasteiger partial charge in [-0.25, -0.2) is 0 Å². The Morgan fingerprint density at radius 1 is 1.14 bits per heavy atom. The lowest BCUT2D eigenvalue weighted by Gasteiger charge is -2.35. The van der Waals surface area contributed by atoms with Crippen LogP contribution in [0.5, 0.6) is 0 Å². The van der Waals surface area contributed by atoms with Gasteiger partial charge in [-0.15, -0.1) is 0 Å². The van der Waals surface area contributed by atoms with Gasteiger partial charge in [0.05, 0.1) is 0 Å². The molecule has 1 aliphatic heterocycles. The van der Waals surface area contributed by atoms with Gasteiger partial charge in [0, 0.05) is 18.8 Å². The largest absolute Gasteiger partial charge is 0.349 e.